The number of alkyl halides is 3. The molecule has 0 fully saturated rings. The molecule has 3 aromatic rings. The number of amides is 3. The molecule has 0 radical (unpaired) electrons. The molecule has 0 heterocycles. The Hall–Kier alpha value is -2.60. The van der Waals surface area contributed by atoms with Crippen LogP contribution in [0.3, 0.4) is 0 Å². The van der Waals surface area contributed by atoms with Gasteiger partial charge in [0.05, 0.1) is 31.2 Å². The van der Waals surface area contributed by atoms with Crippen molar-refractivity contribution in [3.8, 4) is 0 Å². The van der Waals surface area contributed by atoms with Crippen molar-refractivity contribution in [1.29, 1.82) is 0 Å². The lowest BCUT2D eigenvalue weighted by Gasteiger charge is -2.14. The second-order valence-electron chi connectivity index (χ2n) is 6.61. The molecule has 0 saturated heterocycles. The summed E-state index contributed by atoms with van der Waals surface area (Å²) in [6.07, 6.45) is -4.62. The molecule has 4 nitrogen and oxygen atoms in total. The minimum atomic E-state index is -4.62. The summed E-state index contributed by atoms with van der Waals surface area (Å²) in [5.41, 5.74) is -2.62. The SMILES string of the molecule is O=C(NC(=O)c1c(F)cccc1F)Nc1cc(Cl)c(Sc2ccc(C(F)(F)F)cc2Cl)c(Cl)c1F. The number of rotatable bonds is 4. The van der Waals surface area contributed by atoms with Crippen molar-refractivity contribution in [1.82, 2.24) is 5.32 Å². The number of anilines is 1. The van der Waals surface area contributed by atoms with Crippen molar-refractivity contribution >= 4 is 64.2 Å². The van der Waals surface area contributed by atoms with Crippen molar-refractivity contribution in [2.75, 3.05) is 5.32 Å². The van der Waals surface area contributed by atoms with Gasteiger partial charge >= 0.3 is 12.2 Å². The van der Waals surface area contributed by atoms with E-state index in [1.807, 2.05) is 5.32 Å². The predicted octanol–water partition coefficient (Wildman–Crippen LogP) is 8.20. The van der Waals surface area contributed by atoms with Gasteiger partial charge in [-0.1, -0.05) is 52.6 Å². The molecule has 3 amide bonds. The minimum absolute atomic E-state index is 0.0822. The number of benzene rings is 3. The normalized spacial score (nSPS) is 11.3. The molecule has 35 heavy (non-hydrogen) atoms. The molecule has 0 aliphatic heterocycles. The number of carbonyl (C=O) groups excluding carboxylic acids is 2. The van der Waals surface area contributed by atoms with Gasteiger partial charge in [-0.2, -0.15) is 13.2 Å². The topological polar surface area (TPSA) is 58.2 Å². The maximum absolute atomic E-state index is 14.8. The minimum Gasteiger partial charge on any atom is -0.305 e. The molecule has 0 aliphatic carbocycles. The number of carbonyl (C=O) groups is 2. The molecule has 14 heteroatoms. The second kappa shape index (κ2) is 10.6. The maximum atomic E-state index is 14.8. The van der Waals surface area contributed by atoms with Crippen LogP contribution in [-0.2, 0) is 6.18 Å². The molecule has 184 valence electrons. The number of hydrogen-bond donors (Lipinski definition) is 2. The van der Waals surface area contributed by atoms with Crippen molar-refractivity contribution in [3.63, 3.8) is 0 Å². The van der Waals surface area contributed by atoms with Crippen LogP contribution in [0.1, 0.15) is 15.9 Å². The van der Waals surface area contributed by atoms with Crippen LogP contribution in [0.15, 0.2) is 52.3 Å². The largest absolute Gasteiger partial charge is 0.416 e. The Labute approximate surface area is 212 Å². The zero-order chi connectivity index (χ0) is 26.1. The highest BCUT2D eigenvalue weighted by Gasteiger charge is 2.31. The summed E-state index contributed by atoms with van der Waals surface area (Å²) in [5.74, 6) is -5.09. The van der Waals surface area contributed by atoms with E-state index < -0.39 is 57.4 Å². The third-order valence-corrected chi connectivity index (χ3v) is 6.76. The molecular formula is C21H9Cl3F6N2O2S. The summed E-state index contributed by atoms with van der Waals surface area (Å²) < 4.78 is 80.6. The van der Waals surface area contributed by atoms with Crippen LogP contribution in [0, 0.1) is 17.5 Å². The van der Waals surface area contributed by atoms with E-state index >= 15 is 0 Å². The van der Waals surface area contributed by atoms with Crippen LogP contribution in [0.2, 0.25) is 15.1 Å². The fourth-order valence-corrected chi connectivity index (χ4v) is 4.50. The average molecular weight is 574 g/mol. The van der Waals surface area contributed by atoms with Gasteiger partial charge in [0.2, 0.25) is 0 Å². The molecule has 3 aromatic carbocycles. The van der Waals surface area contributed by atoms with Crippen molar-refractivity contribution < 1.29 is 35.9 Å². The molecule has 0 atom stereocenters. The van der Waals surface area contributed by atoms with Crippen LogP contribution in [0.5, 0.6) is 0 Å². The third-order valence-electron chi connectivity index (χ3n) is 4.25. The molecule has 2 N–H and O–H groups in total. The Kier molecular flexibility index (Phi) is 8.15. The zero-order valence-electron chi connectivity index (χ0n) is 16.7. The van der Waals surface area contributed by atoms with Crippen LogP contribution in [-0.4, -0.2) is 11.9 Å². The van der Waals surface area contributed by atoms with Gasteiger partial charge in [-0.3, -0.25) is 10.1 Å². The Morgan fingerprint density at radius 2 is 1.51 bits per heavy atom. The van der Waals surface area contributed by atoms with Gasteiger partial charge in [0.1, 0.15) is 17.2 Å². The Morgan fingerprint density at radius 3 is 2.09 bits per heavy atom. The second-order valence-corrected chi connectivity index (χ2v) is 8.86. The van der Waals surface area contributed by atoms with Gasteiger partial charge in [-0.05, 0) is 36.4 Å². The fourth-order valence-electron chi connectivity index (χ4n) is 2.67. The lowest BCUT2D eigenvalue weighted by atomic mass is 10.2. The van der Waals surface area contributed by atoms with Crippen molar-refractivity contribution in [2.45, 2.75) is 16.0 Å². The Morgan fingerprint density at radius 1 is 0.886 bits per heavy atom. The number of halogens is 9. The van der Waals surface area contributed by atoms with Gasteiger partial charge < -0.3 is 5.32 Å². The molecule has 0 aliphatic rings. The quantitative estimate of drug-likeness (QED) is 0.244. The van der Waals surface area contributed by atoms with E-state index in [4.69, 9.17) is 34.8 Å². The third kappa shape index (κ3) is 6.16. The van der Waals surface area contributed by atoms with Gasteiger partial charge in [0, 0.05) is 4.90 Å². The van der Waals surface area contributed by atoms with E-state index in [0.29, 0.717) is 17.8 Å². The van der Waals surface area contributed by atoms with E-state index in [2.05, 4.69) is 0 Å². The molecule has 0 unspecified atom stereocenters. The van der Waals surface area contributed by atoms with E-state index in [-0.39, 0.29) is 19.8 Å². The highest BCUT2D eigenvalue weighted by atomic mass is 35.5. The first-order chi connectivity index (χ1) is 16.3. The van der Waals surface area contributed by atoms with E-state index in [9.17, 15) is 35.9 Å². The van der Waals surface area contributed by atoms with Gasteiger partial charge in [0.25, 0.3) is 5.91 Å². The Balaban J connectivity index is 1.81. The zero-order valence-corrected chi connectivity index (χ0v) is 19.8. The number of nitrogens with one attached hydrogen (secondary N) is 2. The number of imide groups is 1. The maximum Gasteiger partial charge on any atom is 0.416 e. The van der Waals surface area contributed by atoms with Crippen LogP contribution >= 0.6 is 46.6 Å². The molecule has 3 rings (SSSR count). The van der Waals surface area contributed by atoms with E-state index in [0.717, 1.165) is 36.4 Å². The lowest BCUT2D eigenvalue weighted by Crippen LogP contribution is -2.35. The van der Waals surface area contributed by atoms with Crippen LogP contribution < -0.4 is 10.6 Å². The van der Waals surface area contributed by atoms with Crippen LogP contribution in [0.4, 0.5) is 36.8 Å². The van der Waals surface area contributed by atoms with Gasteiger partial charge in [0.15, 0.2) is 5.82 Å². The summed E-state index contributed by atoms with van der Waals surface area (Å²) in [4.78, 5) is 24.0. The van der Waals surface area contributed by atoms with Gasteiger partial charge in [-0.25, -0.2) is 18.0 Å². The highest BCUT2D eigenvalue weighted by molar-refractivity contribution is 7.99. The first kappa shape index (κ1) is 27.0. The predicted molar refractivity (Wildman–Crippen MR) is 120 cm³/mol. The average Bonchev–Trinajstić information content (AvgIpc) is 2.75. The lowest BCUT2D eigenvalue weighted by molar-refractivity contribution is -0.137. The summed E-state index contributed by atoms with van der Waals surface area (Å²) >= 11 is 18.7. The number of hydrogen-bond acceptors (Lipinski definition) is 3. The van der Waals surface area contributed by atoms with E-state index in [1.54, 1.807) is 5.32 Å². The monoisotopic (exact) mass is 572 g/mol. The molecule has 0 saturated carbocycles. The Bertz CT molecular complexity index is 1320. The molecule has 0 bridgehead atoms. The number of urea groups is 1. The van der Waals surface area contributed by atoms with Gasteiger partial charge in [-0.15, -0.1) is 0 Å². The summed E-state index contributed by atoms with van der Waals surface area (Å²) in [6.45, 7) is 0. The smallest absolute Gasteiger partial charge is 0.305 e. The first-order valence-corrected chi connectivity index (χ1v) is 11.0. The summed E-state index contributed by atoms with van der Waals surface area (Å²) in [6, 6.07) is 4.67. The highest BCUT2D eigenvalue weighted by Crippen LogP contribution is 2.45. The summed E-state index contributed by atoms with van der Waals surface area (Å²) in [5, 5.41) is 2.45. The first-order valence-electron chi connectivity index (χ1n) is 9.08. The molecular weight excluding hydrogens is 565 g/mol. The van der Waals surface area contributed by atoms with Crippen molar-refractivity contribution in [2.24, 2.45) is 0 Å². The summed E-state index contributed by atoms with van der Waals surface area (Å²) in [7, 11) is 0. The molecule has 0 spiro atoms. The standard InChI is InChI=1S/C21H9Cl3F6N2O2S/c22-9-6-8(21(28,29)30)4-5-14(9)35-18-10(23)7-13(17(27)16(18)24)31-20(34)32-19(33)15-11(25)2-1-3-12(15)26/h1-7H,(H2,31,32,33,34). The van der Waals surface area contributed by atoms with Crippen molar-refractivity contribution in [3.05, 3.63) is 86.1 Å². The van der Waals surface area contributed by atoms with Crippen LogP contribution in [0.25, 0.3) is 0 Å². The van der Waals surface area contributed by atoms with E-state index in [1.165, 1.54) is 0 Å². The molecule has 0 aromatic heterocycles. The fraction of sp³-hybridized carbons (Fsp3) is 0.0476.